The van der Waals surface area contributed by atoms with Crippen LogP contribution < -0.4 is 0 Å². The van der Waals surface area contributed by atoms with Crippen LogP contribution in [0.3, 0.4) is 0 Å². The van der Waals surface area contributed by atoms with Crippen LogP contribution in [0.5, 0.6) is 0 Å². The molecule has 29 heavy (non-hydrogen) atoms. The maximum Gasteiger partial charge on any atom is 0.156 e. The van der Waals surface area contributed by atoms with Gasteiger partial charge in [0, 0.05) is 16.9 Å². The first kappa shape index (κ1) is 18.1. The van der Waals surface area contributed by atoms with Crippen LogP contribution in [0.4, 0.5) is 4.39 Å². The summed E-state index contributed by atoms with van der Waals surface area (Å²) >= 11 is 0. The lowest BCUT2D eigenvalue weighted by Crippen LogP contribution is -2.29. The van der Waals surface area contributed by atoms with Crippen molar-refractivity contribution in [3.05, 3.63) is 53.2 Å². The minimum Gasteiger partial charge on any atom is -0.306 e. The van der Waals surface area contributed by atoms with Crippen molar-refractivity contribution in [2.24, 2.45) is 0 Å². The van der Waals surface area contributed by atoms with E-state index in [0.29, 0.717) is 28.1 Å². The first-order valence-corrected chi connectivity index (χ1v) is 9.97. The van der Waals surface area contributed by atoms with E-state index in [-0.39, 0.29) is 5.82 Å². The van der Waals surface area contributed by atoms with Crippen molar-refractivity contribution in [1.82, 2.24) is 29.7 Å². The average Bonchev–Trinajstić information content (AvgIpc) is 3.09. The number of benzene rings is 1. The van der Waals surface area contributed by atoms with Gasteiger partial charge in [0.2, 0.25) is 0 Å². The average molecular weight is 390 g/mol. The van der Waals surface area contributed by atoms with Crippen LogP contribution in [0.25, 0.3) is 27.8 Å². The van der Waals surface area contributed by atoms with Gasteiger partial charge in [0.05, 0.1) is 28.8 Å². The van der Waals surface area contributed by atoms with Gasteiger partial charge in [0.15, 0.2) is 5.65 Å². The summed E-state index contributed by atoms with van der Waals surface area (Å²) in [4.78, 5) is 6.79. The van der Waals surface area contributed by atoms with E-state index in [9.17, 15) is 0 Å². The van der Waals surface area contributed by atoms with Gasteiger partial charge in [-0.05, 0) is 76.7 Å². The number of hydrogen-bond acceptors (Lipinski definition) is 5. The summed E-state index contributed by atoms with van der Waals surface area (Å²) in [5, 5.41) is 13.9. The molecule has 0 aliphatic carbocycles. The molecule has 148 valence electrons. The highest BCUT2D eigenvalue weighted by molar-refractivity contribution is 5.84. The van der Waals surface area contributed by atoms with E-state index in [1.807, 2.05) is 38.2 Å². The van der Waals surface area contributed by atoms with Crippen molar-refractivity contribution in [3.63, 3.8) is 0 Å². The normalized spacial score (nSPS) is 16.1. The fraction of sp³-hybridized carbons (Fsp3) is 0.364. The zero-order valence-electron chi connectivity index (χ0n) is 16.9. The molecule has 0 atom stereocenters. The Morgan fingerprint density at radius 2 is 1.83 bits per heavy atom. The Balaban J connectivity index is 1.56. The van der Waals surface area contributed by atoms with E-state index < -0.39 is 0 Å². The number of aryl methyl sites for hydroxylation is 2. The largest absolute Gasteiger partial charge is 0.306 e. The monoisotopic (exact) mass is 390 g/mol. The molecule has 0 spiro atoms. The van der Waals surface area contributed by atoms with E-state index in [0.717, 1.165) is 48.5 Å². The number of fused-ring (bicyclic) bond motifs is 2. The van der Waals surface area contributed by atoms with Crippen molar-refractivity contribution in [2.45, 2.75) is 32.6 Å². The van der Waals surface area contributed by atoms with Crippen molar-refractivity contribution >= 4 is 16.6 Å². The Kier molecular flexibility index (Phi) is 4.28. The molecule has 0 N–H and O–H groups in total. The predicted molar refractivity (Wildman–Crippen MR) is 110 cm³/mol. The third kappa shape index (κ3) is 3.25. The number of likely N-dealkylation sites (tertiary alicyclic amines) is 1. The van der Waals surface area contributed by atoms with Crippen molar-refractivity contribution < 1.29 is 4.39 Å². The van der Waals surface area contributed by atoms with Crippen LogP contribution in [0.2, 0.25) is 0 Å². The minimum absolute atomic E-state index is 0.289. The summed E-state index contributed by atoms with van der Waals surface area (Å²) in [5.74, 6) is 0.0568. The molecule has 0 radical (unpaired) electrons. The molecule has 1 aliphatic heterocycles. The molecule has 1 aliphatic rings. The van der Waals surface area contributed by atoms with Gasteiger partial charge in [-0.1, -0.05) is 0 Å². The minimum atomic E-state index is -0.289. The molecule has 1 saturated heterocycles. The molecule has 6 nitrogen and oxygen atoms in total. The first-order chi connectivity index (χ1) is 14.0. The van der Waals surface area contributed by atoms with Crippen molar-refractivity contribution in [3.8, 4) is 11.3 Å². The summed E-state index contributed by atoms with van der Waals surface area (Å²) in [6, 6.07) is 7.21. The summed E-state index contributed by atoms with van der Waals surface area (Å²) in [5.41, 5.74) is 5.53. The third-order valence-corrected chi connectivity index (χ3v) is 5.84. The summed E-state index contributed by atoms with van der Waals surface area (Å²) in [7, 11) is 2.13. The summed E-state index contributed by atoms with van der Waals surface area (Å²) in [6.45, 7) is 5.99. The smallest absolute Gasteiger partial charge is 0.156 e. The molecule has 4 aromatic rings. The summed E-state index contributed by atoms with van der Waals surface area (Å²) < 4.78 is 16.8. The van der Waals surface area contributed by atoms with Crippen molar-refractivity contribution in [1.29, 1.82) is 0 Å². The molecule has 3 aromatic heterocycles. The maximum absolute atomic E-state index is 15.0. The molecule has 0 saturated carbocycles. The number of nitrogens with zero attached hydrogens (tertiary/aromatic N) is 6. The lowest BCUT2D eigenvalue weighted by atomic mass is 9.93. The van der Waals surface area contributed by atoms with Gasteiger partial charge in [0.1, 0.15) is 5.82 Å². The molecule has 1 fully saturated rings. The van der Waals surface area contributed by atoms with E-state index in [4.69, 9.17) is 0 Å². The summed E-state index contributed by atoms with van der Waals surface area (Å²) in [6.07, 6.45) is 3.94. The predicted octanol–water partition coefficient (Wildman–Crippen LogP) is 3.90. The number of rotatable bonds is 2. The topological polar surface area (TPSA) is 59.2 Å². The van der Waals surface area contributed by atoms with Crippen LogP contribution in [0.15, 0.2) is 30.5 Å². The van der Waals surface area contributed by atoms with Gasteiger partial charge < -0.3 is 4.90 Å². The zero-order chi connectivity index (χ0) is 20.1. The van der Waals surface area contributed by atoms with Gasteiger partial charge in [-0.15, -0.1) is 0 Å². The molecule has 4 heterocycles. The number of halogens is 1. The molecule has 5 rings (SSSR count). The van der Waals surface area contributed by atoms with E-state index >= 15 is 4.39 Å². The number of aromatic nitrogens is 5. The van der Waals surface area contributed by atoms with Crippen LogP contribution in [-0.2, 0) is 0 Å². The Bertz CT molecular complexity index is 1220. The van der Waals surface area contributed by atoms with Gasteiger partial charge in [-0.2, -0.15) is 15.3 Å². The molecular formula is C22H23FN6. The van der Waals surface area contributed by atoms with E-state index in [1.54, 1.807) is 10.6 Å². The van der Waals surface area contributed by atoms with Crippen LogP contribution in [0.1, 0.15) is 35.7 Å². The second-order valence-electron chi connectivity index (χ2n) is 8.10. The van der Waals surface area contributed by atoms with Crippen LogP contribution in [0, 0.1) is 19.7 Å². The molecular weight excluding hydrogens is 367 g/mol. The molecule has 0 amide bonds. The SMILES string of the molecule is Cc1cn2nc(-c3cc(F)c4cc(C5CCN(C)CC5)nnc4c3)cc(C)c2n1. The van der Waals surface area contributed by atoms with Crippen LogP contribution >= 0.6 is 0 Å². The number of piperidine rings is 1. The van der Waals surface area contributed by atoms with E-state index in [2.05, 4.69) is 32.2 Å². The van der Waals surface area contributed by atoms with Crippen LogP contribution in [-0.4, -0.2) is 49.8 Å². The number of hydrogen-bond donors (Lipinski definition) is 0. The highest BCUT2D eigenvalue weighted by atomic mass is 19.1. The molecule has 7 heteroatoms. The zero-order valence-corrected chi connectivity index (χ0v) is 16.9. The fourth-order valence-electron chi connectivity index (χ4n) is 4.16. The first-order valence-electron chi connectivity index (χ1n) is 9.97. The highest BCUT2D eigenvalue weighted by Crippen LogP contribution is 2.30. The number of imidazole rings is 1. The van der Waals surface area contributed by atoms with Gasteiger partial charge in [-0.3, -0.25) is 0 Å². The quantitative estimate of drug-likeness (QED) is 0.519. The third-order valence-electron chi connectivity index (χ3n) is 5.84. The highest BCUT2D eigenvalue weighted by Gasteiger charge is 2.21. The Morgan fingerprint density at radius 1 is 1.03 bits per heavy atom. The van der Waals surface area contributed by atoms with Gasteiger partial charge in [0.25, 0.3) is 0 Å². The standard InChI is InChI=1S/C22H23FN6/c1-13-8-20(27-29-12-14(2)24-22(13)29)16-9-18(23)17-11-19(25-26-21(17)10-16)15-4-6-28(3)7-5-15/h8-12,15H,4-7H2,1-3H3. The van der Waals surface area contributed by atoms with E-state index in [1.165, 1.54) is 0 Å². The second kappa shape index (κ2) is 6.84. The maximum atomic E-state index is 15.0. The van der Waals surface area contributed by atoms with Crippen molar-refractivity contribution in [2.75, 3.05) is 20.1 Å². The molecule has 0 bridgehead atoms. The lowest BCUT2D eigenvalue weighted by Gasteiger charge is -2.28. The Labute approximate surface area is 168 Å². The van der Waals surface area contributed by atoms with Gasteiger partial charge in [-0.25, -0.2) is 13.9 Å². The molecule has 0 unspecified atom stereocenters. The molecule has 1 aromatic carbocycles. The van der Waals surface area contributed by atoms with Gasteiger partial charge >= 0.3 is 0 Å². The fourth-order valence-corrected chi connectivity index (χ4v) is 4.16. The second-order valence-corrected chi connectivity index (χ2v) is 8.10. The lowest BCUT2D eigenvalue weighted by molar-refractivity contribution is 0.253. The Morgan fingerprint density at radius 3 is 2.62 bits per heavy atom. The Hall–Kier alpha value is -2.93.